The number of nitrogens with one attached hydrogen (secondary N) is 1. The number of hydrogen-bond acceptors (Lipinski definition) is 5. The first kappa shape index (κ1) is 21.4. The Hall–Kier alpha value is -2.43. The number of aromatic nitrogens is 2. The van der Waals surface area contributed by atoms with Gasteiger partial charge in [0, 0.05) is 18.2 Å². The van der Waals surface area contributed by atoms with Crippen molar-refractivity contribution in [3.8, 4) is 5.88 Å². The van der Waals surface area contributed by atoms with Crippen LogP contribution in [0.25, 0.3) is 0 Å². The van der Waals surface area contributed by atoms with Crippen LogP contribution < -0.4 is 15.2 Å². The Morgan fingerprint density at radius 2 is 2.00 bits per heavy atom. The zero-order valence-corrected chi connectivity index (χ0v) is 19.3. The van der Waals surface area contributed by atoms with Gasteiger partial charge in [-0.25, -0.2) is 18.8 Å². The molecular formula is C22H29N5O4S. The Morgan fingerprint density at radius 3 is 2.66 bits per heavy atom. The summed E-state index contributed by atoms with van der Waals surface area (Å²) < 4.78 is 29.9. The molecule has 2 atom stereocenters. The van der Waals surface area contributed by atoms with Crippen LogP contribution in [0.5, 0.6) is 5.88 Å². The summed E-state index contributed by atoms with van der Waals surface area (Å²) in [5.41, 5.74) is 5.55. The van der Waals surface area contributed by atoms with Crippen molar-refractivity contribution in [2.75, 3.05) is 25.6 Å². The van der Waals surface area contributed by atoms with Gasteiger partial charge in [0.1, 0.15) is 4.90 Å². The molecule has 1 aliphatic heterocycles. The molecule has 0 bridgehead atoms. The number of nitrogens with two attached hydrogens (primary N) is 1. The molecule has 3 aliphatic rings. The number of rotatable bonds is 4. The number of ether oxygens (including phenoxy) is 2. The Balaban J connectivity index is 1.43. The molecule has 10 heteroatoms. The van der Waals surface area contributed by atoms with E-state index in [0.29, 0.717) is 25.6 Å². The molecule has 2 heterocycles. The molecule has 2 amide bonds. The molecule has 32 heavy (non-hydrogen) atoms. The maximum absolute atomic E-state index is 13.3. The number of urea groups is 1. The van der Waals surface area contributed by atoms with Crippen LogP contribution in [0.4, 0.5) is 10.5 Å². The highest BCUT2D eigenvalue weighted by atomic mass is 32.2. The largest absolute Gasteiger partial charge is 0.476 e. The van der Waals surface area contributed by atoms with E-state index in [1.165, 1.54) is 28.5 Å². The maximum Gasteiger partial charge on any atom is 0.354 e. The van der Waals surface area contributed by atoms with Crippen LogP contribution in [-0.4, -0.2) is 40.3 Å². The number of nitrogens with zero attached hydrogens (tertiary/aromatic N) is 3. The van der Waals surface area contributed by atoms with Gasteiger partial charge in [-0.15, -0.1) is 4.36 Å². The first-order valence-electron chi connectivity index (χ1n) is 11.0. The summed E-state index contributed by atoms with van der Waals surface area (Å²) in [5, 5.41) is 13.2. The highest BCUT2D eigenvalue weighted by Gasteiger charge is 2.35. The summed E-state index contributed by atoms with van der Waals surface area (Å²) in [7, 11) is -1.90. The Bertz CT molecular complexity index is 1180. The summed E-state index contributed by atoms with van der Waals surface area (Å²) >= 11 is 0. The van der Waals surface area contributed by atoms with Crippen molar-refractivity contribution in [3.63, 3.8) is 0 Å². The third-order valence-corrected chi connectivity index (χ3v) is 7.93. The van der Waals surface area contributed by atoms with Crippen molar-refractivity contribution in [2.45, 2.75) is 56.9 Å². The number of hydrogen-bond donors (Lipinski definition) is 2. The average Bonchev–Trinajstić information content (AvgIpc) is 3.45. The lowest BCUT2D eigenvalue weighted by molar-refractivity contribution is 0.00897. The van der Waals surface area contributed by atoms with Gasteiger partial charge < -0.3 is 14.8 Å². The van der Waals surface area contributed by atoms with Gasteiger partial charge in [-0.2, -0.15) is 5.10 Å². The maximum atomic E-state index is 13.3. The van der Waals surface area contributed by atoms with E-state index in [1.807, 2.05) is 6.92 Å². The fourth-order valence-electron chi connectivity index (χ4n) is 5.17. The van der Waals surface area contributed by atoms with Gasteiger partial charge >= 0.3 is 6.03 Å². The highest BCUT2D eigenvalue weighted by molar-refractivity contribution is 7.91. The third kappa shape index (κ3) is 3.70. The fraction of sp³-hybridized carbons (Fsp3) is 0.545. The van der Waals surface area contributed by atoms with Gasteiger partial charge in [-0.05, 0) is 60.8 Å². The lowest BCUT2D eigenvalue weighted by Crippen LogP contribution is -2.39. The second kappa shape index (κ2) is 7.86. The smallest absolute Gasteiger partial charge is 0.354 e. The predicted molar refractivity (Wildman–Crippen MR) is 120 cm³/mol. The first-order valence-corrected chi connectivity index (χ1v) is 12.6. The quantitative estimate of drug-likeness (QED) is 0.728. The second-order valence-electron chi connectivity index (χ2n) is 9.33. The minimum Gasteiger partial charge on any atom is -0.476 e. The van der Waals surface area contributed by atoms with E-state index in [-0.39, 0.29) is 10.3 Å². The van der Waals surface area contributed by atoms with Crippen molar-refractivity contribution >= 4 is 21.6 Å². The first-order chi connectivity index (χ1) is 15.3. The SMILES string of the molecule is COC[C@]1(C)COc2c(S(N)(=O)=NC(=O)Nc3c4c(cc5c3CCC5)CCC4)cnn2C1. The molecule has 0 saturated carbocycles. The lowest BCUT2D eigenvalue weighted by atomic mass is 9.92. The summed E-state index contributed by atoms with van der Waals surface area (Å²) in [4.78, 5) is 13.0. The zero-order chi connectivity index (χ0) is 22.5. The van der Waals surface area contributed by atoms with E-state index in [4.69, 9.17) is 14.6 Å². The molecule has 172 valence electrons. The normalized spacial score (nSPS) is 23.0. The van der Waals surface area contributed by atoms with E-state index in [1.54, 1.807) is 11.8 Å². The Labute approximate surface area is 188 Å². The van der Waals surface area contributed by atoms with E-state index in [9.17, 15) is 9.00 Å². The second-order valence-corrected chi connectivity index (χ2v) is 11.1. The summed E-state index contributed by atoms with van der Waals surface area (Å²) in [6.45, 7) is 3.41. The zero-order valence-electron chi connectivity index (χ0n) is 18.5. The van der Waals surface area contributed by atoms with Crippen LogP contribution in [0.3, 0.4) is 0 Å². The van der Waals surface area contributed by atoms with Crippen molar-refractivity contribution in [3.05, 3.63) is 34.5 Å². The molecule has 0 spiro atoms. The Kier molecular flexibility index (Phi) is 5.26. The number of carbonyl (C=O) groups is 1. The van der Waals surface area contributed by atoms with Crippen LogP contribution >= 0.6 is 0 Å². The molecule has 1 unspecified atom stereocenters. The Morgan fingerprint density at radius 1 is 1.31 bits per heavy atom. The number of fused-ring (bicyclic) bond motifs is 3. The molecular weight excluding hydrogens is 430 g/mol. The third-order valence-electron chi connectivity index (χ3n) is 6.58. The molecule has 0 saturated heterocycles. The van der Waals surface area contributed by atoms with Crippen LogP contribution in [0.15, 0.2) is 21.5 Å². The lowest BCUT2D eigenvalue weighted by Gasteiger charge is -2.33. The van der Waals surface area contributed by atoms with E-state index in [0.717, 1.165) is 44.2 Å². The molecule has 1 aromatic carbocycles. The minimum absolute atomic E-state index is 0.135. The number of anilines is 1. The fourth-order valence-corrected chi connectivity index (χ4v) is 6.17. The van der Waals surface area contributed by atoms with E-state index < -0.39 is 15.9 Å². The molecule has 9 nitrogen and oxygen atoms in total. The van der Waals surface area contributed by atoms with Crippen LogP contribution in [0.1, 0.15) is 42.0 Å². The van der Waals surface area contributed by atoms with E-state index >= 15 is 0 Å². The molecule has 2 aromatic rings. The molecule has 2 aliphatic carbocycles. The van der Waals surface area contributed by atoms with Gasteiger partial charge in [0.25, 0.3) is 0 Å². The average molecular weight is 460 g/mol. The van der Waals surface area contributed by atoms with Crippen molar-refractivity contribution in [1.82, 2.24) is 9.78 Å². The monoisotopic (exact) mass is 459 g/mol. The highest BCUT2D eigenvalue weighted by Crippen LogP contribution is 2.39. The summed E-state index contributed by atoms with van der Waals surface area (Å²) in [6, 6.07) is 1.59. The van der Waals surface area contributed by atoms with Crippen molar-refractivity contribution in [2.24, 2.45) is 14.9 Å². The van der Waals surface area contributed by atoms with Gasteiger partial charge in [0.2, 0.25) is 5.88 Å². The molecule has 0 radical (unpaired) electrons. The van der Waals surface area contributed by atoms with E-state index in [2.05, 4.69) is 20.8 Å². The minimum atomic E-state index is -3.53. The number of amides is 2. The number of methoxy groups -OCH3 is 1. The van der Waals surface area contributed by atoms with Crippen LogP contribution in [0, 0.1) is 5.41 Å². The van der Waals surface area contributed by atoms with Gasteiger partial charge in [0.15, 0.2) is 9.92 Å². The number of carbonyl (C=O) groups excluding carboxylic acids is 1. The topological polar surface area (TPSA) is 121 Å². The van der Waals surface area contributed by atoms with Gasteiger partial charge in [-0.1, -0.05) is 13.0 Å². The van der Waals surface area contributed by atoms with Gasteiger partial charge in [0.05, 0.1) is 26.0 Å². The van der Waals surface area contributed by atoms with Crippen LogP contribution in [-0.2, 0) is 46.9 Å². The summed E-state index contributed by atoms with van der Waals surface area (Å²) in [5.74, 6) is 0.295. The number of benzene rings is 1. The summed E-state index contributed by atoms with van der Waals surface area (Å²) in [6.07, 6.45) is 7.45. The molecule has 1 aromatic heterocycles. The molecule has 3 N–H and O–H groups in total. The van der Waals surface area contributed by atoms with Crippen LogP contribution in [0.2, 0.25) is 0 Å². The molecule has 0 fully saturated rings. The predicted octanol–water partition coefficient (Wildman–Crippen LogP) is 2.84. The van der Waals surface area contributed by atoms with Crippen molar-refractivity contribution < 1.29 is 18.5 Å². The van der Waals surface area contributed by atoms with Crippen molar-refractivity contribution in [1.29, 1.82) is 0 Å². The number of aryl methyl sites for hydroxylation is 2. The molecule has 5 rings (SSSR count). The standard InChI is InChI=1S/C22H29N5O4S/c1-22(12-30-2)11-27-20(31-13-22)18(10-24-27)32(23,29)26-21(28)25-19-16-7-3-5-14(16)9-15-6-4-8-17(15)19/h9-10H,3-8,11-13H2,1-2H3,(H3,23,25,26,28,29)/t22-,32?/m1/s1. The van der Waals surface area contributed by atoms with Gasteiger partial charge in [-0.3, -0.25) is 0 Å².